The van der Waals surface area contributed by atoms with Gasteiger partial charge in [-0.2, -0.15) is 5.10 Å². The average Bonchev–Trinajstić information content (AvgIpc) is 2.35. The van der Waals surface area contributed by atoms with E-state index in [1.165, 1.54) is 11.8 Å². The van der Waals surface area contributed by atoms with Crippen LogP contribution in [0.2, 0.25) is 0 Å². The molecule has 4 unspecified atom stereocenters. The fourth-order valence-corrected chi connectivity index (χ4v) is 1.03. The van der Waals surface area contributed by atoms with Gasteiger partial charge < -0.3 is 25.5 Å². The van der Waals surface area contributed by atoms with Crippen molar-refractivity contribution in [2.75, 3.05) is 12.9 Å². The molecule has 0 spiro atoms. The maximum Gasteiger partial charge on any atom is 0.153 e. The lowest BCUT2D eigenvalue weighted by Crippen LogP contribution is -2.46. The zero-order chi connectivity index (χ0) is 13.4. The number of rotatable bonds is 6. The highest BCUT2D eigenvalue weighted by atomic mass is 32.2. The van der Waals surface area contributed by atoms with Crippen LogP contribution in [0.25, 0.3) is 0 Å². The number of hydrazone groups is 1. The first-order chi connectivity index (χ1) is 7.93. The minimum atomic E-state index is -1.67. The molecule has 0 aliphatic carbocycles. The van der Waals surface area contributed by atoms with Crippen molar-refractivity contribution in [2.24, 2.45) is 5.10 Å². The molecule has 0 aromatic heterocycles. The van der Waals surface area contributed by atoms with Gasteiger partial charge in [0.15, 0.2) is 4.32 Å². The summed E-state index contributed by atoms with van der Waals surface area (Å²) in [5.41, 5.74) is 2.40. The summed E-state index contributed by atoms with van der Waals surface area (Å²) in [4.78, 5) is 0. The smallest absolute Gasteiger partial charge is 0.153 e. The van der Waals surface area contributed by atoms with Crippen molar-refractivity contribution in [1.29, 1.82) is 0 Å². The molecule has 0 fully saturated rings. The third-order valence-corrected chi connectivity index (χ3v) is 2.90. The van der Waals surface area contributed by atoms with Crippen LogP contribution in [0, 0.1) is 0 Å². The Morgan fingerprint density at radius 2 is 1.94 bits per heavy atom. The van der Waals surface area contributed by atoms with Gasteiger partial charge in [0, 0.05) is 0 Å². The van der Waals surface area contributed by atoms with Crippen molar-refractivity contribution >= 4 is 34.5 Å². The van der Waals surface area contributed by atoms with Crippen molar-refractivity contribution in [1.82, 2.24) is 5.43 Å². The molecule has 0 amide bonds. The summed E-state index contributed by atoms with van der Waals surface area (Å²) < 4.78 is 0.374. The van der Waals surface area contributed by atoms with Gasteiger partial charge in [-0.1, -0.05) is 24.0 Å². The van der Waals surface area contributed by atoms with Crippen LogP contribution in [0.1, 0.15) is 0 Å². The maximum absolute atomic E-state index is 9.38. The maximum atomic E-state index is 9.38. The molecule has 0 bridgehead atoms. The minimum Gasteiger partial charge on any atom is -0.394 e. The molecule has 0 aliphatic heterocycles. The Hall–Kier alpha value is -0.290. The van der Waals surface area contributed by atoms with Crippen LogP contribution < -0.4 is 5.43 Å². The number of hydrogen-bond donors (Lipinski definition) is 6. The van der Waals surface area contributed by atoms with E-state index in [1.54, 1.807) is 6.26 Å². The van der Waals surface area contributed by atoms with Crippen LogP contribution >= 0.6 is 24.0 Å². The Kier molecular flexibility index (Phi) is 8.60. The van der Waals surface area contributed by atoms with Gasteiger partial charge in [0.2, 0.25) is 0 Å². The number of nitrogens with one attached hydrogen (secondary N) is 1. The molecule has 0 aliphatic rings. The molecule has 100 valence electrons. The van der Waals surface area contributed by atoms with Gasteiger partial charge in [-0.05, 0) is 6.26 Å². The number of hydrogen-bond acceptors (Lipinski definition) is 8. The molecule has 0 heterocycles. The van der Waals surface area contributed by atoms with E-state index in [9.17, 15) is 15.3 Å². The summed E-state index contributed by atoms with van der Waals surface area (Å²) in [5.74, 6) is 0. The van der Waals surface area contributed by atoms with Crippen molar-refractivity contribution in [3.05, 3.63) is 0 Å². The predicted molar refractivity (Wildman–Crippen MR) is 68.9 cm³/mol. The van der Waals surface area contributed by atoms with Crippen LogP contribution in [-0.2, 0) is 0 Å². The molecule has 0 aromatic rings. The molecule has 4 atom stereocenters. The van der Waals surface area contributed by atoms with E-state index >= 15 is 0 Å². The monoisotopic (exact) mass is 284 g/mol. The van der Waals surface area contributed by atoms with E-state index in [0.717, 1.165) is 6.21 Å². The van der Waals surface area contributed by atoms with Gasteiger partial charge in [0.25, 0.3) is 0 Å². The molecule has 0 saturated carbocycles. The Morgan fingerprint density at radius 3 is 2.41 bits per heavy atom. The minimum absolute atomic E-state index is 0.374. The molecule has 0 aromatic carbocycles. The van der Waals surface area contributed by atoms with Gasteiger partial charge in [-0.25, -0.2) is 0 Å². The molecule has 0 radical (unpaired) electrons. The highest BCUT2D eigenvalue weighted by Gasteiger charge is 2.29. The van der Waals surface area contributed by atoms with Crippen molar-refractivity contribution < 1.29 is 25.5 Å². The lowest BCUT2D eigenvalue weighted by atomic mass is 10.0. The second-order valence-electron chi connectivity index (χ2n) is 3.10. The lowest BCUT2D eigenvalue weighted by Gasteiger charge is -2.23. The van der Waals surface area contributed by atoms with Crippen molar-refractivity contribution in [3.63, 3.8) is 0 Å². The van der Waals surface area contributed by atoms with E-state index in [1.807, 2.05) is 0 Å². The van der Waals surface area contributed by atoms with Gasteiger partial charge in [0.1, 0.15) is 24.4 Å². The van der Waals surface area contributed by atoms with E-state index in [4.69, 9.17) is 22.4 Å². The van der Waals surface area contributed by atoms with Gasteiger partial charge >= 0.3 is 0 Å². The molecule has 17 heavy (non-hydrogen) atoms. The quantitative estimate of drug-likeness (QED) is 0.182. The van der Waals surface area contributed by atoms with Crippen LogP contribution in [0.5, 0.6) is 0 Å². The SMILES string of the molecule is CSC(=S)NN=CC(O)C(O)C(O)C(O)CO. The number of aliphatic hydroxyl groups excluding tert-OH is 5. The lowest BCUT2D eigenvalue weighted by molar-refractivity contribution is -0.0999. The number of thioether (sulfide) groups is 1. The highest BCUT2D eigenvalue weighted by Crippen LogP contribution is 2.03. The molecule has 0 saturated heterocycles. The first-order valence-electron chi connectivity index (χ1n) is 4.64. The van der Waals surface area contributed by atoms with Crippen LogP contribution in [0.3, 0.4) is 0 Å². The summed E-state index contributed by atoms with van der Waals surface area (Å²) in [7, 11) is 0. The zero-order valence-electron chi connectivity index (χ0n) is 9.09. The Morgan fingerprint density at radius 1 is 1.35 bits per heavy atom. The Bertz CT molecular complexity index is 266. The van der Waals surface area contributed by atoms with E-state index in [0.29, 0.717) is 4.32 Å². The zero-order valence-corrected chi connectivity index (χ0v) is 10.7. The Labute approximate surface area is 108 Å². The van der Waals surface area contributed by atoms with Gasteiger partial charge in [-0.15, -0.1) is 0 Å². The highest BCUT2D eigenvalue weighted by molar-refractivity contribution is 8.22. The van der Waals surface area contributed by atoms with Gasteiger partial charge in [-0.3, -0.25) is 5.43 Å². The standard InChI is InChI=1S/C8H16N2O5S2/c1-17-8(16)10-9-2-4(12)6(14)7(15)5(13)3-11/h2,4-7,11-15H,3H2,1H3,(H,10,16). The average molecular weight is 284 g/mol. The largest absolute Gasteiger partial charge is 0.394 e. The van der Waals surface area contributed by atoms with Gasteiger partial charge in [0.05, 0.1) is 12.8 Å². The molecular weight excluding hydrogens is 268 g/mol. The second kappa shape index (κ2) is 8.75. The topological polar surface area (TPSA) is 126 Å². The number of nitrogens with zero attached hydrogens (tertiary/aromatic N) is 1. The van der Waals surface area contributed by atoms with E-state index in [-0.39, 0.29) is 0 Å². The number of thiocarbonyl (C=S) groups is 1. The Balaban J connectivity index is 4.21. The third-order valence-electron chi connectivity index (χ3n) is 1.85. The molecule has 7 nitrogen and oxygen atoms in total. The summed E-state index contributed by atoms with van der Waals surface area (Å²) >= 11 is 6.00. The fourth-order valence-electron chi connectivity index (χ4n) is 0.838. The summed E-state index contributed by atoms with van der Waals surface area (Å²) in [6.07, 6.45) is -3.70. The van der Waals surface area contributed by atoms with Crippen molar-refractivity contribution in [2.45, 2.75) is 24.4 Å². The van der Waals surface area contributed by atoms with Crippen LogP contribution in [-0.4, -0.2) is 73.3 Å². The van der Waals surface area contributed by atoms with E-state index in [2.05, 4.69) is 10.5 Å². The predicted octanol–water partition coefficient (Wildman–Crippen LogP) is -2.35. The molecule has 9 heteroatoms. The summed E-state index contributed by atoms with van der Waals surface area (Å²) in [6.45, 7) is -0.725. The van der Waals surface area contributed by atoms with Crippen molar-refractivity contribution in [3.8, 4) is 0 Å². The normalized spacial score (nSPS) is 18.7. The molecule has 0 rings (SSSR count). The fraction of sp³-hybridized carbons (Fsp3) is 0.750. The summed E-state index contributed by atoms with van der Waals surface area (Å²) in [6, 6.07) is 0. The van der Waals surface area contributed by atoms with E-state index < -0.39 is 31.0 Å². The third kappa shape index (κ3) is 6.27. The second-order valence-corrected chi connectivity index (χ2v) is 4.59. The number of aliphatic hydroxyl groups is 5. The van der Waals surface area contributed by atoms with Crippen LogP contribution in [0.15, 0.2) is 5.10 Å². The first-order valence-corrected chi connectivity index (χ1v) is 6.27. The summed E-state index contributed by atoms with van der Waals surface area (Å²) in [5, 5.41) is 49.2. The van der Waals surface area contributed by atoms with Crippen LogP contribution in [0.4, 0.5) is 0 Å². The first kappa shape index (κ1) is 16.7. The molecule has 6 N–H and O–H groups in total. The molecular formula is C8H16N2O5S2.